The molecule has 107 heavy (non-hydrogen) atoms. The molecule has 4 N–H and O–H groups in total. The molecule has 0 aliphatic rings. The second-order valence-electron chi connectivity index (χ2n) is 28.6. The van der Waals surface area contributed by atoms with E-state index >= 15 is 0 Å². The Morgan fingerprint density at radius 2 is 0.495 bits per heavy atom. The zero-order valence-electron chi connectivity index (χ0n) is 67.8. The summed E-state index contributed by atoms with van der Waals surface area (Å²) in [5.41, 5.74) is 0. The molecule has 0 saturated heterocycles. The number of carbonyl (C=O) groups excluding carboxylic acids is 3. The van der Waals surface area contributed by atoms with Crippen LogP contribution in [0.4, 0.5) is 0 Å². The molecule has 5 atom stereocenters. The molecule has 0 bridgehead atoms. The molecular weight excluding hydrogens is 1390 g/mol. The fourth-order valence-corrected chi connectivity index (χ4v) is 13.3. The first kappa shape index (κ1) is 103. The highest BCUT2D eigenvalue weighted by Crippen LogP contribution is 2.45. The fraction of sp³-hybridized carbons (Fsp3) is 0.742. The minimum atomic E-state index is -4.93. The SMILES string of the molecule is CC/C=C\C/C=C\C/C=C\C/C=C\C/C=C\C/C=C\CCCCCCCCCCCCCCCCC(=O)OCC(O)COP(=O)(O)OCC(O)COP(=O)(O)OCC(COC(=O)CCCCCCCCC/C=C\C/C=C\C/C=C\C/C=C\CCCCC)OC(=O)CCCCCCCCCCCCCCCCC. The number of aliphatic hydroxyl groups is 2. The molecule has 0 aromatic rings. The zero-order chi connectivity index (χ0) is 78.0. The molecule has 0 aromatic carbocycles. The van der Waals surface area contributed by atoms with Gasteiger partial charge in [-0.2, -0.15) is 0 Å². The lowest BCUT2D eigenvalue weighted by molar-refractivity contribution is -0.161. The largest absolute Gasteiger partial charge is 0.472 e. The lowest BCUT2D eigenvalue weighted by Gasteiger charge is -2.21. The van der Waals surface area contributed by atoms with E-state index in [0.29, 0.717) is 19.3 Å². The third-order valence-electron chi connectivity index (χ3n) is 18.2. The Balaban J connectivity index is 4.47. The van der Waals surface area contributed by atoms with E-state index in [0.717, 1.165) is 154 Å². The summed E-state index contributed by atoms with van der Waals surface area (Å²) in [6.45, 7) is 2.58. The van der Waals surface area contributed by atoms with Crippen LogP contribution in [0.3, 0.4) is 0 Å². The average molecular weight is 1540 g/mol. The summed E-state index contributed by atoms with van der Waals surface area (Å²) in [7, 11) is -9.79. The number of ether oxygens (including phenoxy) is 3. The molecule has 0 aliphatic carbocycles. The maximum atomic E-state index is 13.0. The van der Waals surface area contributed by atoms with Crippen molar-refractivity contribution in [3.8, 4) is 0 Å². The monoisotopic (exact) mass is 1540 g/mol. The number of unbranched alkanes of at least 4 members (excludes halogenated alkanes) is 38. The number of allylic oxidation sites excluding steroid dienone is 20. The molecular formula is C89H156O16P2. The van der Waals surface area contributed by atoms with Gasteiger partial charge in [-0.15, -0.1) is 0 Å². The summed E-state index contributed by atoms with van der Waals surface area (Å²) in [4.78, 5) is 58.8. The Morgan fingerprint density at radius 3 is 0.804 bits per heavy atom. The van der Waals surface area contributed by atoms with Crippen molar-refractivity contribution in [3.63, 3.8) is 0 Å². The van der Waals surface area contributed by atoms with E-state index in [1.165, 1.54) is 154 Å². The number of carbonyl (C=O) groups is 3. The van der Waals surface area contributed by atoms with Gasteiger partial charge in [0.1, 0.15) is 25.4 Å². The summed E-state index contributed by atoms with van der Waals surface area (Å²) in [5.74, 6) is -1.57. The second-order valence-corrected chi connectivity index (χ2v) is 31.5. The molecule has 0 radical (unpaired) electrons. The first-order chi connectivity index (χ1) is 52.2. The normalized spacial score (nSPS) is 14.5. The van der Waals surface area contributed by atoms with E-state index in [1.807, 2.05) is 0 Å². The Bertz CT molecular complexity index is 2430. The molecule has 0 aliphatic heterocycles. The van der Waals surface area contributed by atoms with Crippen LogP contribution in [-0.4, -0.2) is 95.9 Å². The molecule has 0 fully saturated rings. The van der Waals surface area contributed by atoms with Gasteiger partial charge in [0.2, 0.25) is 0 Å². The topological polar surface area (TPSA) is 231 Å². The predicted octanol–water partition coefficient (Wildman–Crippen LogP) is 25.7. The molecule has 18 heteroatoms. The van der Waals surface area contributed by atoms with Crippen LogP contribution in [0.15, 0.2) is 122 Å². The highest BCUT2D eigenvalue weighted by molar-refractivity contribution is 7.47. The summed E-state index contributed by atoms with van der Waals surface area (Å²) < 4.78 is 61.3. The summed E-state index contributed by atoms with van der Waals surface area (Å²) >= 11 is 0. The number of hydrogen-bond acceptors (Lipinski definition) is 14. The second kappa shape index (κ2) is 81.4. The molecule has 0 rings (SSSR count). The van der Waals surface area contributed by atoms with Crippen molar-refractivity contribution in [1.29, 1.82) is 0 Å². The van der Waals surface area contributed by atoms with Crippen LogP contribution >= 0.6 is 15.6 Å². The number of hydrogen-bond donors (Lipinski definition) is 4. The maximum Gasteiger partial charge on any atom is 0.472 e. The number of rotatable bonds is 81. The van der Waals surface area contributed by atoms with Gasteiger partial charge in [-0.25, -0.2) is 9.13 Å². The average Bonchev–Trinajstić information content (AvgIpc) is 0.908. The molecule has 0 spiro atoms. The first-order valence-corrected chi connectivity index (χ1v) is 45.8. The quantitative estimate of drug-likeness (QED) is 0.0146. The van der Waals surface area contributed by atoms with Gasteiger partial charge in [0.15, 0.2) is 6.10 Å². The van der Waals surface area contributed by atoms with E-state index in [4.69, 9.17) is 32.3 Å². The number of phosphoric ester groups is 2. The van der Waals surface area contributed by atoms with Gasteiger partial charge in [-0.05, 0) is 116 Å². The van der Waals surface area contributed by atoms with Gasteiger partial charge >= 0.3 is 33.6 Å². The Morgan fingerprint density at radius 1 is 0.271 bits per heavy atom. The summed E-state index contributed by atoms with van der Waals surface area (Å²) in [6, 6.07) is 0. The van der Waals surface area contributed by atoms with Crippen LogP contribution in [0.5, 0.6) is 0 Å². The standard InChI is InChI=1S/C89H156O16P2/c1-4-7-10-13-16-19-22-25-28-30-32-34-36-37-38-39-40-41-42-43-44-45-47-49-50-52-55-57-60-63-66-69-72-75-87(92)99-78-84(90)79-101-106(95,96)102-80-85(91)81-103-107(97,98)104-83-86(105-89(94)77-74-71-68-65-62-59-54-27-24-21-18-15-12-9-6-3)82-100-88(93)76-73-70-67-64-61-58-56-53-51-48-46-35-33-31-29-26-23-20-17-14-11-8-5-2/h7,10,16-17,19-20,25-26,28-29,32-35,37-38,40-41,48,51,84-86,90-91H,4-6,8-9,11-15,18,21-24,27,30-31,36,39,42-47,49-50,52-83H2,1-3H3,(H,95,96)(H,97,98)/b10-7-,19-16-,20-17-,28-25-,29-26-,34-32-,35-33-,38-37-,41-40-,51-48-. The lowest BCUT2D eigenvalue weighted by Crippen LogP contribution is -2.30. The van der Waals surface area contributed by atoms with E-state index in [1.54, 1.807) is 0 Å². The third kappa shape index (κ3) is 82.7. The maximum absolute atomic E-state index is 13.0. The van der Waals surface area contributed by atoms with Gasteiger partial charge < -0.3 is 34.2 Å². The van der Waals surface area contributed by atoms with Crippen molar-refractivity contribution in [2.24, 2.45) is 0 Å². The molecule has 0 saturated carbocycles. The van der Waals surface area contributed by atoms with Gasteiger partial charge in [0.05, 0.1) is 26.4 Å². The van der Waals surface area contributed by atoms with Crippen molar-refractivity contribution in [2.75, 3.05) is 39.6 Å². The van der Waals surface area contributed by atoms with Crippen molar-refractivity contribution in [3.05, 3.63) is 122 Å². The molecule has 0 aromatic heterocycles. The fourth-order valence-electron chi connectivity index (χ4n) is 11.7. The smallest absolute Gasteiger partial charge is 0.463 e. The van der Waals surface area contributed by atoms with Crippen LogP contribution in [0.2, 0.25) is 0 Å². The Kier molecular flexibility index (Phi) is 78.4. The van der Waals surface area contributed by atoms with E-state index in [-0.39, 0.29) is 19.3 Å². The Labute approximate surface area is 653 Å². The van der Waals surface area contributed by atoms with Gasteiger partial charge in [0, 0.05) is 19.3 Å². The van der Waals surface area contributed by atoms with E-state index in [2.05, 4.69) is 142 Å². The van der Waals surface area contributed by atoms with E-state index in [9.17, 15) is 43.5 Å². The predicted molar refractivity (Wildman–Crippen MR) is 445 cm³/mol. The number of aliphatic hydroxyl groups excluding tert-OH is 2. The van der Waals surface area contributed by atoms with Crippen molar-refractivity contribution < 1.29 is 75.8 Å². The van der Waals surface area contributed by atoms with Crippen molar-refractivity contribution in [2.45, 2.75) is 386 Å². The van der Waals surface area contributed by atoms with Crippen LogP contribution in [0.25, 0.3) is 0 Å². The third-order valence-corrected chi connectivity index (χ3v) is 20.1. The van der Waals surface area contributed by atoms with Gasteiger partial charge in [0.25, 0.3) is 0 Å². The summed E-state index contributed by atoms with van der Waals surface area (Å²) in [5, 5.41) is 20.7. The van der Waals surface area contributed by atoms with Crippen LogP contribution in [0.1, 0.15) is 367 Å². The summed E-state index contributed by atoms with van der Waals surface area (Å²) in [6.07, 6.45) is 98.2. The number of phosphoric acid groups is 2. The molecule has 0 heterocycles. The van der Waals surface area contributed by atoms with Crippen LogP contribution < -0.4 is 0 Å². The molecule has 618 valence electrons. The molecule has 0 amide bonds. The van der Waals surface area contributed by atoms with Crippen molar-refractivity contribution >= 4 is 33.6 Å². The van der Waals surface area contributed by atoms with Gasteiger partial charge in [-0.3, -0.25) is 32.5 Å². The minimum absolute atomic E-state index is 0.105. The van der Waals surface area contributed by atoms with Crippen molar-refractivity contribution in [1.82, 2.24) is 0 Å². The van der Waals surface area contributed by atoms with Gasteiger partial charge in [-0.1, -0.05) is 354 Å². The van der Waals surface area contributed by atoms with Crippen LogP contribution in [-0.2, 0) is 55.8 Å². The van der Waals surface area contributed by atoms with E-state index < -0.39 is 91.5 Å². The highest BCUT2D eigenvalue weighted by atomic mass is 31.2. The molecule has 5 unspecified atom stereocenters. The zero-order valence-corrected chi connectivity index (χ0v) is 69.6. The Hall–Kier alpha value is -4.05. The number of esters is 3. The first-order valence-electron chi connectivity index (χ1n) is 42.8. The minimum Gasteiger partial charge on any atom is -0.463 e. The highest BCUT2D eigenvalue weighted by Gasteiger charge is 2.29. The molecule has 16 nitrogen and oxygen atoms in total. The lowest BCUT2D eigenvalue weighted by atomic mass is 10.0. The van der Waals surface area contributed by atoms with Crippen LogP contribution in [0, 0.1) is 0 Å².